The second-order valence-electron chi connectivity index (χ2n) is 0.516. The standard InChI is InChI=1S/C3H4FI/c4-2-1-3-5/h1-2H,3H2. The summed E-state index contributed by atoms with van der Waals surface area (Å²) in [4.78, 5) is 0. The molecule has 0 saturated heterocycles. The lowest BCUT2D eigenvalue weighted by Crippen LogP contribution is -1.48. The Morgan fingerprint density at radius 3 is 2.40 bits per heavy atom. The molecule has 0 rings (SSSR count). The van der Waals surface area contributed by atoms with E-state index in [0.717, 1.165) is 4.43 Å². The second kappa shape index (κ2) is 4.40. The zero-order valence-electron chi connectivity index (χ0n) is 2.62. The van der Waals surface area contributed by atoms with Crippen LogP contribution in [0, 0.1) is 0 Å². The maximum Gasteiger partial charge on any atom is 0.0834 e. The van der Waals surface area contributed by atoms with Gasteiger partial charge in [0.25, 0.3) is 0 Å². The first kappa shape index (κ1) is 5.40. The quantitative estimate of drug-likeness (QED) is 0.433. The van der Waals surface area contributed by atoms with Crippen molar-refractivity contribution in [2.75, 3.05) is 4.43 Å². The molecule has 0 aromatic rings. The summed E-state index contributed by atoms with van der Waals surface area (Å²) in [5.74, 6) is 0. The average molecular weight is 186 g/mol. The minimum absolute atomic E-state index is 0.548. The van der Waals surface area contributed by atoms with Crippen LogP contribution in [0.5, 0.6) is 0 Å². The molecule has 0 fully saturated rings. The van der Waals surface area contributed by atoms with E-state index in [4.69, 9.17) is 0 Å². The first-order valence-electron chi connectivity index (χ1n) is 1.23. The van der Waals surface area contributed by atoms with E-state index >= 15 is 0 Å². The van der Waals surface area contributed by atoms with Crippen LogP contribution in [0.1, 0.15) is 0 Å². The number of allylic oxidation sites excluding steroid dienone is 1. The molecule has 0 aliphatic rings. The van der Waals surface area contributed by atoms with Gasteiger partial charge >= 0.3 is 0 Å². The maximum absolute atomic E-state index is 10.8. The SMILES string of the molecule is FC=CCI. The Balaban J connectivity index is 2.62. The molecule has 2 heteroatoms. The monoisotopic (exact) mass is 186 g/mol. The molecule has 0 aromatic heterocycles. The van der Waals surface area contributed by atoms with Crippen molar-refractivity contribution in [2.24, 2.45) is 0 Å². The fourth-order valence-corrected chi connectivity index (χ4v) is 0.226. The predicted octanol–water partition coefficient (Wildman–Crippen LogP) is 1.90. The first-order chi connectivity index (χ1) is 2.41. The number of halogens is 2. The molecule has 0 saturated carbocycles. The molecule has 0 atom stereocenters. The van der Waals surface area contributed by atoms with Crippen molar-refractivity contribution in [2.45, 2.75) is 0 Å². The Hall–Kier alpha value is 0.400. The van der Waals surface area contributed by atoms with E-state index in [1.807, 2.05) is 0 Å². The summed E-state index contributed by atoms with van der Waals surface area (Å²) in [5.41, 5.74) is 0. The van der Waals surface area contributed by atoms with Crippen LogP contribution < -0.4 is 0 Å². The molecule has 5 heavy (non-hydrogen) atoms. The molecule has 0 aromatic carbocycles. The van der Waals surface area contributed by atoms with E-state index in [1.54, 1.807) is 0 Å². The van der Waals surface area contributed by atoms with Gasteiger partial charge in [-0.25, -0.2) is 4.39 Å². The van der Waals surface area contributed by atoms with Crippen LogP contribution in [0.4, 0.5) is 4.39 Å². The number of hydrogen-bond donors (Lipinski definition) is 0. The number of hydrogen-bond acceptors (Lipinski definition) is 0. The Morgan fingerprint density at radius 1 is 1.80 bits per heavy atom. The third kappa shape index (κ3) is 4.40. The van der Waals surface area contributed by atoms with Gasteiger partial charge < -0.3 is 0 Å². The Morgan fingerprint density at radius 2 is 2.40 bits per heavy atom. The van der Waals surface area contributed by atoms with E-state index < -0.39 is 0 Å². The van der Waals surface area contributed by atoms with Crippen molar-refractivity contribution in [3.05, 3.63) is 12.4 Å². The third-order valence-electron chi connectivity index (χ3n) is 0.178. The van der Waals surface area contributed by atoms with Gasteiger partial charge in [-0.2, -0.15) is 0 Å². The predicted molar refractivity (Wildman–Crippen MR) is 29.1 cm³/mol. The largest absolute Gasteiger partial charge is 0.216 e. The summed E-state index contributed by atoms with van der Waals surface area (Å²) >= 11 is 2.06. The van der Waals surface area contributed by atoms with Crippen LogP contribution >= 0.6 is 22.6 Å². The molecule has 0 heterocycles. The zero-order chi connectivity index (χ0) is 4.12. The molecule has 0 aliphatic heterocycles. The van der Waals surface area contributed by atoms with Crippen molar-refractivity contribution >= 4 is 22.6 Å². The van der Waals surface area contributed by atoms with Crippen LogP contribution in [0.3, 0.4) is 0 Å². The third-order valence-corrected chi connectivity index (χ3v) is 0.687. The van der Waals surface area contributed by atoms with Gasteiger partial charge in [0.05, 0.1) is 6.33 Å². The smallest absolute Gasteiger partial charge is 0.0834 e. The first-order valence-corrected chi connectivity index (χ1v) is 2.75. The van der Waals surface area contributed by atoms with E-state index in [2.05, 4.69) is 22.6 Å². The molecular weight excluding hydrogens is 182 g/mol. The van der Waals surface area contributed by atoms with Crippen LogP contribution in [0.2, 0.25) is 0 Å². The lowest BCUT2D eigenvalue weighted by molar-refractivity contribution is 0.720. The summed E-state index contributed by atoms with van der Waals surface area (Å²) in [6.07, 6.45) is 1.99. The molecule has 0 bridgehead atoms. The van der Waals surface area contributed by atoms with E-state index in [9.17, 15) is 4.39 Å². The molecule has 0 nitrogen and oxygen atoms in total. The molecular formula is C3H4FI. The van der Waals surface area contributed by atoms with Gasteiger partial charge in [0.15, 0.2) is 0 Å². The number of rotatable bonds is 1. The van der Waals surface area contributed by atoms with Crippen molar-refractivity contribution in [1.82, 2.24) is 0 Å². The lowest BCUT2D eigenvalue weighted by Gasteiger charge is -1.60. The summed E-state index contributed by atoms with van der Waals surface area (Å²) in [6.45, 7) is 0. The highest BCUT2D eigenvalue weighted by molar-refractivity contribution is 14.1. The van der Waals surface area contributed by atoms with Crippen molar-refractivity contribution < 1.29 is 4.39 Å². The Bertz CT molecular complexity index is 33.9. The molecule has 0 N–H and O–H groups in total. The fourth-order valence-electron chi connectivity index (χ4n) is 0.0337. The minimum Gasteiger partial charge on any atom is -0.216 e. The van der Waals surface area contributed by atoms with Crippen LogP contribution in [0.25, 0.3) is 0 Å². The highest BCUT2D eigenvalue weighted by Gasteiger charge is 1.57. The van der Waals surface area contributed by atoms with Crippen molar-refractivity contribution in [3.63, 3.8) is 0 Å². The van der Waals surface area contributed by atoms with E-state index in [-0.39, 0.29) is 0 Å². The maximum atomic E-state index is 10.8. The van der Waals surface area contributed by atoms with Gasteiger partial charge in [0.2, 0.25) is 0 Å². The zero-order valence-corrected chi connectivity index (χ0v) is 4.78. The molecule has 30 valence electrons. The Kier molecular flexibility index (Phi) is 4.75. The Labute approximate surface area is 44.2 Å². The average Bonchev–Trinajstić information content (AvgIpc) is 1.41. The summed E-state index contributed by atoms with van der Waals surface area (Å²) in [7, 11) is 0. The van der Waals surface area contributed by atoms with Gasteiger partial charge in [-0.1, -0.05) is 22.6 Å². The van der Waals surface area contributed by atoms with Gasteiger partial charge in [-0.05, 0) is 6.08 Å². The normalized spacial score (nSPS) is 10.0. The summed E-state index contributed by atoms with van der Waals surface area (Å²) in [6, 6.07) is 0. The van der Waals surface area contributed by atoms with Crippen LogP contribution in [-0.2, 0) is 0 Å². The molecule has 0 unspecified atom stereocenters. The fraction of sp³-hybridized carbons (Fsp3) is 0.333. The molecule has 0 spiro atoms. The van der Waals surface area contributed by atoms with Crippen molar-refractivity contribution in [3.8, 4) is 0 Å². The minimum atomic E-state index is 0.548. The molecule has 0 amide bonds. The molecule has 0 aliphatic carbocycles. The van der Waals surface area contributed by atoms with Crippen molar-refractivity contribution in [1.29, 1.82) is 0 Å². The van der Waals surface area contributed by atoms with E-state index in [0.29, 0.717) is 6.33 Å². The van der Waals surface area contributed by atoms with Gasteiger partial charge in [-0.3, -0.25) is 0 Å². The van der Waals surface area contributed by atoms with Gasteiger partial charge in [0.1, 0.15) is 0 Å². The second-order valence-corrected chi connectivity index (χ2v) is 1.40. The lowest BCUT2D eigenvalue weighted by atomic mass is 10.8. The van der Waals surface area contributed by atoms with E-state index in [1.165, 1.54) is 6.08 Å². The topological polar surface area (TPSA) is 0 Å². The highest BCUT2D eigenvalue weighted by Crippen LogP contribution is 1.80. The molecule has 0 radical (unpaired) electrons. The van der Waals surface area contributed by atoms with Gasteiger partial charge in [-0.15, -0.1) is 0 Å². The summed E-state index contributed by atoms with van der Waals surface area (Å²) in [5, 5.41) is 0. The summed E-state index contributed by atoms with van der Waals surface area (Å²) < 4.78 is 11.6. The van der Waals surface area contributed by atoms with Crippen LogP contribution in [-0.4, -0.2) is 4.43 Å². The van der Waals surface area contributed by atoms with Gasteiger partial charge in [0, 0.05) is 4.43 Å². The van der Waals surface area contributed by atoms with Crippen LogP contribution in [0.15, 0.2) is 12.4 Å². The highest BCUT2D eigenvalue weighted by atomic mass is 127. The number of alkyl halides is 1.